The van der Waals surface area contributed by atoms with E-state index in [0.717, 1.165) is 4.47 Å². The highest BCUT2D eigenvalue weighted by Crippen LogP contribution is 2.39. The van der Waals surface area contributed by atoms with E-state index in [4.69, 9.17) is 5.73 Å². The third kappa shape index (κ3) is 3.10. The minimum absolute atomic E-state index is 0.0656. The van der Waals surface area contributed by atoms with Crippen molar-refractivity contribution in [3.05, 3.63) is 92.6 Å². The summed E-state index contributed by atoms with van der Waals surface area (Å²) in [7, 11) is 0. The number of benzene rings is 2. The van der Waals surface area contributed by atoms with Crippen LogP contribution in [-0.2, 0) is 0 Å². The lowest BCUT2D eigenvalue weighted by Gasteiger charge is -2.24. The van der Waals surface area contributed by atoms with E-state index in [2.05, 4.69) is 75.9 Å². The van der Waals surface area contributed by atoms with E-state index < -0.39 is 0 Å². The van der Waals surface area contributed by atoms with Crippen molar-refractivity contribution < 1.29 is 0 Å². The van der Waals surface area contributed by atoms with Crippen LogP contribution in [0.2, 0.25) is 0 Å². The van der Waals surface area contributed by atoms with Gasteiger partial charge in [0, 0.05) is 15.3 Å². The van der Waals surface area contributed by atoms with Crippen LogP contribution in [0, 0.1) is 0 Å². The Morgan fingerprint density at radius 2 is 1.33 bits per heavy atom. The van der Waals surface area contributed by atoms with Crippen LogP contribution in [0.5, 0.6) is 0 Å². The topological polar surface area (TPSA) is 26.0 Å². The number of rotatable bonds is 4. The SMILES string of the molecule is NC(c1sccc1Br)C(c1ccccc1)c1ccccc1. The molecule has 0 saturated heterocycles. The predicted molar refractivity (Wildman–Crippen MR) is 93.7 cm³/mol. The molecule has 1 heterocycles. The lowest BCUT2D eigenvalue weighted by Crippen LogP contribution is -2.20. The first-order valence-corrected chi connectivity index (χ1v) is 8.53. The van der Waals surface area contributed by atoms with Gasteiger partial charge in [-0.25, -0.2) is 0 Å². The molecule has 1 atom stereocenters. The van der Waals surface area contributed by atoms with Crippen molar-refractivity contribution in [2.75, 3.05) is 0 Å². The zero-order valence-corrected chi connectivity index (χ0v) is 13.8. The Morgan fingerprint density at radius 3 is 1.76 bits per heavy atom. The fraction of sp³-hybridized carbons (Fsp3) is 0.111. The van der Waals surface area contributed by atoms with Crippen LogP contribution in [0.4, 0.5) is 0 Å². The Kier molecular flexibility index (Phi) is 4.54. The first-order chi connectivity index (χ1) is 10.3. The molecule has 0 aliphatic carbocycles. The zero-order chi connectivity index (χ0) is 14.7. The normalized spacial score (nSPS) is 12.5. The molecule has 0 aliphatic rings. The second kappa shape index (κ2) is 6.56. The van der Waals surface area contributed by atoms with Gasteiger partial charge in [0.05, 0.1) is 6.04 Å². The Balaban J connectivity index is 2.07. The molecule has 0 spiro atoms. The van der Waals surface area contributed by atoms with Gasteiger partial charge in [0.25, 0.3) is 0 Å². The van der Waals surface area contributed by atoms with Gasteiger partial charge in [0.2, 0.25) is 0 Å². The average molecular weight is 358 g/mol. The zero-order valence-electron chi connectivity index (χ0n) is 11.4. The fourth-order valence-electron chi connectivity index (χ4n) is 2.62. The number of halogens is 1. The van der Waals surface area contributed by atoms with Crippen molar-refractivity contribution in [1.29, 1.82) is 0 Å². The average Bonchev–Trinajstić information content (AvgIpc) is 2.96. The lowest BCUT2D eigenvalue weighted by molar-refractivity contribution is 0.638. The minimum atomic E-state index is -0.0656. The first kappa shape index (κ1) is 14.5. The van der Waals surface area contributed by atoms with Crippen LogP contribution in [0.25, 0.3) is 0 Å². The van der Waals surface area contributed by atoms with Crippen LogP contribution in [-0.4, -0.2) is 0 Å². The third-order valence-corrected chi connectivity index (χ3v) is 5.60. The van der Waals surface area contributed by atoms with E-state index in [1.807, 2.05) is 12.1 Å². The highest BCUT2D eigenvalue weighted by molar-refractivity contribution is 9.10. The maximum absolute atomic E-state index is 6.63. The second-order valence-corrected chi connectivity index (χ2v) is 6.76. The van der Waals surface area contributed by atoms with Crippen LogP contribution < -0.4 is 5.73 Å². The molecule has 3 rings (SSSR count). The summed E-state index contributed by atoms with van der Waals surface area (Å²) in [6, 6.07) is 23.0. The molecule has 0 saturated carbocycles. The molecule has 0 bridgehead atoms. The summed E-state index contributed by atoms with van der Waals surface area (Å²) >= 11 is 5.31. The quantitative estimate of drug-likeness (QED) is 0.669. The molecular formula is C18H16BrNS. The maximum atomic E-state index is 6.63. The van der Waals surface area contributed by atoms with E-state index in [9.17, 15) is 0 Å². The predicted octanol–water partition coefficient (Wildman–Crippen LogP) is 5.34. The Labute approximate surface area is 137 Å². The van der Waals surface area contributed by atoms with E-state index in [0.29, 0.717) is 0 Å². The molecule has 1 aromatic heterocycles. The van der Waals surface area contributed by atoms with E-state index in [-0.39, 0.29) is 12.0 Å². The summed E-state index contributed by atoms with van der Waals surface area (Å²) in [5.41, 5.74) is 9.12. The monoisotopic (exact) mass is 357 g/mol. The van der Waals surface area contributed by atoms with Gasteiger partial charge < -0.3 is 5.73 Å². The summed E-state index contributed by atoms with van der Waals surface area (Å²) in [4.78, 5) is 1.19. The van der Waals surface area contributed by atoms with Crippen molar-refractivity contribution >= 4 is 27.3 Å². The van der Waals surface area contributed by atoms with Gasteiger partial charge in [-0.15, -0.1) is 11.3 Å². The van der Waals surface area contributed by atoms with E-state index in [1.165, 1.54) is 16.0 Å². The lowest BCUT2D eigenvalue weighted by atomic mass is 9.85. The summed E-state index contributed by atoms with van der Waals surface area (Å²) in [5.74, 6) is 0.155. The van der Waals surface area contributed by atoms with Crippen molar-refractivity contribution in [3.8, 4) is 0 Å². The van der Waals surface area contributed by atoms with Gasteiger partial charge in [0.1, 0.15) is 0 Å². The van der Waals surface area contributed by atoms with Crippen LogP contribution in [0.15, 0.2) is 76.6 Å². The van der Waals surface area contributed by atoms with Gasteiger partial charge >= 0.3 is 0 Å². The standard InChI is InChI=1S/C18H16BrNS/c19-15-11-12-21-18(15)17(20)16(13-7-3-1-4-8-13)14-9-5-2-6-10-14/h1-12,16-17H,20H2. The van der Waals surface area contributed by atoms with Crippen molar-refractivity contribution in [1.82, 2.24) is 0 Å². The van der Waals surface area contributed by atoms with Crippen LogP contribution in [0.1, 0.15) is 28.0 Å². The van der Waals surface area contributed by atoms with Crippen molar-refractivity contribution in [2.45, 2.75) is 12.0 Å². The third-order valence-electron chi connectivity index (χ3n) is 3.62. The summed E-state index contributed by atoms with van der Waals surface area (Å²) in [6.07, 6.45) is 0. The van der Waals surface area contributed by atoms with Gasteiger partial charge in [-0.1, -0.05) is 60.7 Å². The van der Waals surface area contributed by atoms with Gasteiger partial charge in [-0.05, 0) is 38.5 Å². The molecule has 0 aliphatic heterocycles. The molecule has 0 amide bonds. The minimum Gasteiger partial charge on any atom is -0.322 e. The van der Waals surface area contributed by atoms with E-state index >= 15 is 0 Å². The Morgan fingerprint density at radius 1 is 0.810 bits per heavy atom. The smallest absolute Gasteiger partial charge is 0.0511 e. The number of hydrogen-bond donors (Lipinski definition) is 1. The number of nitrogens with two attached hydrogens (primary N) is 1. The first-order valence-electron chi connectivity index (χ1n) is 6.85. The van der Waals surface area contributed by atoms with Crippen molar-refractivity contribution in [2.24, 2.45) is 5.73 Å². The summed E-state index contributed by atoms with van der Waals surface area (Å²) in [6.45, 7) is 0. The van der Waals surface area contributed by atoms with Crippen LogP contribution >= 0.6 is 27.3 Å². The summed E-state index contributed by atoms with van der Waals surface area (Å²) in [5, 5.41) is 2.08. The molecule has 0 radical (unpaired) electrons. The molecular weight excluding hydrogens is 342 g/mol. The number of thiophene rings is 1. The van der Waals surface area contributed by atoms with E-state index in [1.54, 1.807) is 11.3 Å². The number of hydrogen-bond acceptors (Lipinski definition) is 2. The maximum Gasteiger partial charge on any atom is 0.0511 e. The fourth-order valence-corrected chi connectivity index (χ4v) is 4.30. The molecule has 0 fully saturated rings. The van der Waals surface area contributed by atoms with Gasteiger partial charge in [-0.3, -0.25) is 0 Å². The van der Waals surface area contributed by atoms with Gasteiger partial charge in [0.15, 0.2) is 0 Å². The highest BCUT2D eigenvalue weighted by atomic mass is 79.9. The molecule has 2 N–H and O–H groups in total. The van der Waals surface area contributed by atoms with Gasteiger partial charge in [-0.2, -0.15) is 0 Å². The largest absolute Gasteiger partial charge is 0.322 e. The Bertz CT molecular complexity index is 654. The molecule has 3 heteroatoms. The summed E-state index contributed by atoms with van der Waals surface area (Å²) < 4.78 is 1.09. The second-order valence-electron chi connectivity index (χ2n) is 4.96. The van der Waals surface area contributed by atoms with Crippen molar-refractivity contribution in [3.63, 3.8) is 0 Å². The molecule has 1 nitrogen and oxygen atoms in total. The molecule has 3 aromatic rings. The molecule has 1 unspecified atom stereocenters. The molecule has 106 valence electrons. The highest BCUT2D eigenvalue weighted by Gasteiger charge is 2.25. The molecule has 2 aromatic carbocycles. The molecule has 21 heavy (non-hydrogen) atoms. The van der Waals surface area contributed by atoms with Crippen LogP contribution in [0.3, 0.4) is 0 Å². The Hall–Kier alpha value is -1.42.